The molecule has 0 radical (unpaired) electrons. The van der Waals surface area contributed by atoms with Crippen LogP contribution in [0.4, 0.5) is 13.2 Å². The summed E-state index contributed by atoms with van der Waals surface area (Å²) in [4.78, 5) is 0. The van der Waals surface area contributed by atoms with Crippen LogP contribution in [0, 0.1) is 0 Å². The number of nitrogens with one attached hydrogen (secondary N) is 1. The molecular weight excluding hydrogens is 247 g/mol. The van der Waals surface area contributed by atoms with Crippen molar-refractivity contribution < 1.29 is 22.6 Å². The summed E-state index contributed by atoms with van der Waals surface area (Å²) < 4.78 is 45.4. The zero-order valence-corrected chi connectivity index (χ0v) is 10.8. The van der Waals surface area contributed by atoms with Gasteiger partial charge in [-0.3, -0.25) is 0 Å². The van der Waals surface area contributed by atoms with Crippen molar-refractivity contribution in [3.63, 3.8) is 0 Å². The molecule has 1 saturated carbocycles. The van der Waals surface area contributed by atoms with Crippen molar-refractivity contribution in [2.45, 2.75) is 50.4 Å². The van der Waals surface area contributed by atoms with Gasteiger partial charge in [0.25, 0.3) is 0 Å². The minimum Gasteiger partial charge on any atom is -0.378 e. The van der Waals surface area contributed by atoms with Gasteiger partial charge in [-0.15, -0.1) is 0 Å². The molecule has 0 atom stereocenters. The van der Waals surface area contributed by atoms with E-state index in [0.29, 0.717) is 19.1 Å². The van der Waals surface area contributed by atoms with Crippen molar-refractivity contribution in [3.05, 3.63) is 0 Å². The minimum atomic E-state index is -4.23. The summed E-state index contributed by atoms with van der Waals surface area (Å²) in [7, 11) is 1.96. The molecule has 1 fully saturated rings. The SMILES string of the molecule is CNC1CCC(OCCCOCC(F)(F)F)CC1. The fourth-order valence-corrected chi connectivity index (χ4v) is 2.12. The van der Waals surface area contributed by atoms with E-state index in [1.165, 1.54) is 0 Å². The molecule has 0 amide bonds. The first-order chi connectivity index (χ1) is 8.51. The van der Waals surface area contributed by atoms with Crippen molar-refractivity contribution in [1.82, 2.24) is 5.32 Å². The average molecular weight is 269 g/mol. The lowest BCUT2D eigenvalue weighted by atomic mass is 9.93. The number of rotatable bonds is 7. The Morgan fingerprint density at radius 2 is 1.78 bits per heavy atom. The molecule has 18 heavy (non-hydrogen) atoms. The second-order valence-electron chi connectivity index (χ2n) is 4.65. The van der Waals surface area contributed by atoms with E-state index in [-0.39, 0.29) is 12.7 Å². The molecule has 1 N–H and O–H groups in total. The lowest BCUT2D eigenvalue weighted by Crippen LogP contribution is -2.33. The predicted molar refractivity (Wildman–Crippen MR) is 62.5 cm³/mol. The van der Waals surface area contributed by atoms with E-state index >= 15 is 0 Å². The van der Waals surface area contributed by atoms with Gasteiger partial charge in [0.05, 0.1) is 6.10 Å². The van der Waals surface area contributed by atoms with Crippen molar-refractivity contribution >= 4 is 0 Å². The Balaban J connectivity index is 1.93. The standard InChI is InChI=1S/C12H22F3NO2/c1-16-10-3-5-11(6-4-10)18-8-2-7-17-9-12(13,14)15/h10-11,16H,2-9H2,1H3. The van der Waals surface area contributed by atoms with Crippen LogP contribution in [-0.2, 0) is 9.47 Å². The second kappa shape index (κ2) is 7.96. The monoisotopic (exact) mass is 269 g/mol. The lowest BCUT2D eigenvalue weighted by Gasteiger charge is -2.28. The smallest absolute Gasteiger partial charge is 0.378 e. The second-order valence-corrected chi connectivity index (χ2v) is 4.65. The Morgan fingerprint density at radius 1 is 1.11 bits per heavy atom. The number of ether oxygens (including phenoxy) is 2. The van der Waals surface area contributed by atoms with E-state index < -0.39 is 12.8 Å². The Bertz CT molecular complexity index is 216. The normalized spacial score (nSPS) is 25.3. The van der Waals surface area contributed by atoms with Gasteiger partial charge in [0.15, 0.2) is 0 Å². The van der Waals surface area contributed by atoms with Gasteiger partial charge in [0.1, 0.15) is 6.61 Å². The molecule has 0 aliphatic heterocycles. The highest BCUT2D eigenvalue weighted by Gasteiger charge is 2.27. The largest absolute Gasteiger partial charge is 0.411 e. The zero-order chi connectivity index (χ0) is 13.4. The molecule has 0 aromatic heterocycles. The van der Waals surface area contributed by atoms with E-state index in [0.717, 1.165) is 25.7 Å². The van der Waals surface area contributed by atoms with Gasteiger partial charge in [0, 0.05) is 19.3 Å². The highest BCUT2D eigenvalue weighted by Crippen LogP contribution is 2.21. The van der Waals surface area contributed by atoms with Crippen LogP contribution in [0.1, 0.15) is 32.1 Å². The quantitative estimate of drug-likeness (QED) is 0.720. The van der Waals surface area contributed by atoms with Crippen LogP contribution in [0.2, 0.25) is 0 Å². The molecule has 0 aromatic rings. The molecule has 6 heteroatoms. The van der Waals surface area contributed by atoms with Gasteiger partial charge in [-0.1, -0.05) is 0 Å². The third kappa shape index (κ3) is 7.18. The Kier molecular flexibility index (Phi) is 6.96. The van der Waals surface area contributed by atoms with E-state index in [1.54, 1.807) is 0 Å². The fourth-order valence-electron chi connectivity index (χ4n) is 2.12. The molecule has 3 nitrogen and oxygen atoms in total. The molecule has 0 saturated heterocycles. The molecule has 0 bridgehead atoms. The van der Waals surface area contributed by atoms with Gasteiger partial charge < -0.3 is 14.8 Å². The van der Waals surface area contributed by atoms with Crippen molar-refractivity contribution in [2.24, 2.45) is 0 Å². The number of alkyl halides is 3. The summed E-state index contributed by atoms with van der Waals surface area (Å²) in [6, 6.07) is 0.583. The average Bonchev–Trinajstić information content (AvgIpc) is 2.33. The van der Waals surface area contributed by atoms with Crippen molar-refractivity contribution in [1.29, 1.82) is 0 Å². The van der Waals surface area contributed by atoms with Crippen molar-refractivity contribution in [2.75, 3.05) is 26.9 Å². The molecule has 0 unspecified atom stereocenters. The highest BCUT2D eigenvalue weighted by atomic mass is 19.4. The first-order valence-electron chi connectivity index (χ1n) is 6.44. The van der Waals surface area contributed by atoms with Crippen LogP contribution in [0.15, 0.2) is 0 Å². The van der Waals surface area contributed by atoms with Crippen LogP contribution in [0.5, 0.6) is 0 Å². The van der Waals surface area contributed by atoms with Gasteiger partial charge in [-0.05, 0) is 39.2 Å². The third-order valence-corrected chi connectivity index (χ3v) is 3.13. The summed E-state index contributed by atoms with van der Waals surface area (Å²) in [6.07, 6.45) is 0.799. The first kappa shape index (κ1) is 15.7. The summed E-state index contributed by atoms with van der Waals surface area (Å²) >= 11 is 0. The molecule has 1 aliphatic rings. The van der Waals surface area contributed by atoms with E-state index in [4.69, 9.17) is 4.74 Å². The van der Waals surface area contributed by atoms with E-state index in [1.807, 2.05) is 7.05 Å². The molecule has 0 spiro atoms. The summed E-state index contributed by atoms with van der Waals surface area (Å²) in [6.45, 7) is -0.585. The van der Waals surface area contributed by atoms with E-state index in [2.05, 4.69) is 10.1 Å². The molecular formula is C12H22F3NO2. The molecule has 0 aromatic carbocycles. The maximum Gasteiger partial charge on any atom is 0.411 e. The topological polar surface area (TPSA) is 30.5 Å². The number of halogens is 3. The summed E-state index contributed by atoms with van der Waals surface area (Å²) in [5, 5.41) is 3.24. The molecule has 1 aliphatic carbocycles. The minimum absolute atomic E-state index is 0.103. The van der Waals surface area contributed by atoms with Crippen molar-refractivity contribution in [3.8, 4) is 0 Å². The third-order valence-electron chi connectivity index (χ3n) is 3.13. The molecule has 108 valence electrons. The van der Waals surface area contributed by atoms with Gasteiger partial charge >= 0.3 is 6.18 Å². The Hall–Kier alpha value is -0.330. The van der Waals surface area contributed by atoms with Gasteiger partial charge in [0.2, 0.25) is 0 Å². The van der Waals surface area contributed by atoms with Crippen LogP contribution in [0.25, 0.3) is 0 Å². The number of hydrogen-bond donors (Lipinski definition) is 1. The van der Waals surface area contributed by atoms with Crippen LogP contribution in [-0.4, -0.2) is 45.2 Å². The van der Waals surface area contributed by atoms with E-state index in [9.17, 15) is 13.2 Å². The maximum absolute atomic E-state index is 11.8. The Morgan fingerprint density at radius 3 is 2.33 bits per heavy atom. The molecule has 0 heterocycles. The van der Waals surface area contributed by atoms with Gasteiger partial charge in [-0.2, -0.15) is 13.2 Å². The first-order valence-corrected chi connectivity index (χ1v) is 6.44. The lowest BCUT2D eigenvalue weighted by molar-refractivity contribution is -0.174. The van der Waals surface area contributed by atoms with Crippen LogP contribution < -0.4 is 5.32 Å². The highest BCUT2D eigenvalue weighted by molar-refractivity contribution is 4.76. The van der Waals surface area contributed by atoms with Crippen LogP contribution >= 0.6 is 0 Å². The Labute approximate surface area is 106 Å². The zero-order valence-electron chi connectivity index (χ0n) is 10.8. The summed E-state index contributed by atoms with van der Waals surface area (Å²) in [5.41, 5.74) is 0. The predicted octanol–water partition coefficient (Wildman–Crippen LogP) is 2.50. The maximum atomic E-state index is 11.8. The van der Waals surface area contributed by atoms with Gasteiger partial charge in [-0.25, -0.2) is 0 Å². The van der Waals surface area contributed by atoms with Crippen LogP contribution in [0.3, 0.4) is 0 Å². The summed E-state index contributed by atoms with van der Waals surface area (Å²) in [5.74, 6) is 0. The molecule has 1 rings (SSSR count). The number of hydrogen-bond acceptors (Lipinski definition) is 3. The fraction of sp³-hybridized carbons (Fsp3) is 1.00.